The van der Waals surface area contributed by atoms with Gasteiger partial charge in [0.25, 0.3) is 0 Å². The molecule has 2 aromatic rings. The van der Waals surface area contributed by atoms with E-state index in [1.165, 1.54) is 0 Å². The number of carbonyl (C=O) groups is 1. The lowest BCUT2D eigenvalue weighted by Gasteiger charge is -2.21. The minimum absolute atomic E-state index is 0.0156. The third kappa shape index (κ3) is 4.43. The molecule has 0 bridgehead atoms. The first-order valence-electron chi connectivity index (χ1n) is 7.06. The van der Waals surface area contributed by atoms with Crippen LogP contribution in [0.1, 0.15) is 22.8 Å². The molecule has 3 heteroatoms. The molecule has 0 radical (unpaired) electrons. The van der Waals surface area contributed by atoms with E-state index in [1.807, 2.05) is 80.5 Å². The molecule has 0 aliphatic rings. The van der Waals surface area contributed by atoms with E-state index in [9.17, 15) is 4.79 Å². The summed E-state index contributed by atoms with van der Waals surface area (Å²) in [4.78, 5) is 14.1. The Hall–Kier alpha value is -2.13. The molecule has 1 atom stereocenters. The van der Waals surface area contributed by atoms with Crippen LogP contribution in [0, 0.1) is 0 Å². The van der Waals surface area contributed by atoms with Gasteiger partial charge in [-0.25, -0.2) is 0 Å². The van der Waals surface area contributed by atoms with Crippen LogP contribution in [0.4, 0.5) is 0 Å². The standard InChI is InChI=1S/C18H21NO2/c1-14(19(2)3)21-17-11-9-15(10-12-17)13-18(20)16-7-5-4-6-8-16/h4-12,14H,13H2,1-3H3. The van der Waals surface area contributed by atoms with E-state index < -0.39 is 0 Å². The Labute approximate surface area is 126 Å². The average Bonchev–Trinajstić information content (AvgIpc) is 2.50. The summed E-state index contributed by atoms with van der Waals surface area (Å²) >= 11 is 0. The van der Waals surface area contributed by atoms with Crippen molar-refractivity contribution in [1.82, 2.24) is 4.90 Å². The number of hydrogen-bond acceptors (Lipinski definition) is 3. The molecule has 0 spiro atoms. The summed E-state index contributed by atoms with van der Waals surface area (Å²) in [6, 6.07) is 17.1. The molecular formula is C18H21NO2. The van der Waals surface area contributed by atoms with E-state index in [-0.39, 0.29) is 12.0 Å². The molecule has 2 rings (SSSR count). The molecule has 0 saturated heterocycles. The van der Waals surface area contributed by atoms with Crippen LogP contribution in [0.5, 0.6) is 5.75 Å². The smallest absolute Gasteiger partial charge is 0.167 e. The zero-order valence-electron chi connectivity index (χ0n) is 12.7. The molecule has 110 valence electrons. The third-order valence-electron chi connectivity index (χ3n) is 3.42. The van der Waals surface area contributed by atoms with Crippen LogP contribution in [-0.4, -0.2) is 31.0 Å². The van der Waals surface area contributed by atoms with Gasteiger partial charge in [-0.1, -0.05) is 42.5 Å². The van der Waals surface area contributed by atoms with E-state index >= 15 is 0 Å². The van der Waals surface area contributed by atoms with Crippen molar-refractivity contribution in [3.63, 3.8) is 0 Å². The Bertz CT molecular complexity index is 576. The van der Waals surface area contributed by atoms with Crippen LogP contribution in [0.2, 0.25) is 0 Å². The van der Waals surface area contributed by atoms with E-state index in [0.29, 0.717) is 6.42 Å². The minimum Gasteiger partial charge on any atom is -0.475 e. The molecule has 0 fully saturated rings. The quantitative estimate of drug-likeness (QED) is 0.601. The summed E-state index contributed by atoms with van der Waals surface area (Å²) in [5.74, 6) is 0.943. The number of ether oxygens (including phenoxy) is 1. The van der Waals surface area contributed by atoms with Crippen molar-refractivity contribution in [2.45, 2.75) is 19.6 Å². The van der Waals surface area contributed by atoms with Crippen LogP contribution < -0.4 is 4.74 Å². The van der Waals surface area contributed by atoms with Gasteiger partial charge in [0.2, 0.25) is 0 Å². The Morgan fingerprint density at radius 1 is 1.05 bits per heavy atom. The first-order valence-corrected chi connectivity index (χ1v) is 7.06. The number of hydrogen-bond donors (Lipinski definition) is 0. The molecule has 0 aliphatic heterocycles. The highest BCUT2D eigenvalue weighted by atomic mass is 16.5. The van der Waals surface area contributed by atoms with Gasteiger partial charge in [0.1, 0.15) is 12.0 Å². The summed E-state index contributed by atoms with van der Waals surface area (Å²) in [7, 11) is 3.94. The average molecular weight is 283 g/mol. The fourth-order valence-electron chi connectivity index (χ4n) is 1.90. The van der Waals surface area contributed by atoms with E-state index in [2.05, 4.69) is 0 Å². The zero-order chi connectivity index (χ0) is 15.2. The number of ketones is 1. The van der Waals surface area contributed by atoms with Gasteiger partial charge in [0.15, 0.2) is 5.78 Å². The lowest BCUT2D eigenvalue weighted by molar-refractivity contribution is 0.0815. The van der Waals surface area contributed by atoms with Crippen molar-refractivity contribution < 1.29 is 9.53 Å². The maximum absolute atomic E-state index is 12.1. The summed E-state index contributed by atoms with van der Waals surface area (Å²) in [6.45, 7) is 1.99. The zero-order valence-corrected chi connectivity index (χ0v) is 12.7. The number of rotatable bonds is 6. The van der Waals surface area contributed by atoms with Crippen molar-refractivity contribution in [2.75, 3.05) is 14.1 Å². The number of nitrogens with zero attached hydrogens (tertiary/aromatic N) is 1. The van der Waals surface area contributed by atoms with Gasteiger partial charge in [0.05, 0.1) is 0 Å². The van der Waals surface area contributed by atoms with Gasteiger partial charge in [-0.05, 0) is 38.7 Å². The Morgan fingerprint density at radius 2 is 1.67 bits per heavy atom. The second kappa shape index (κ2) is 7.04. The van der Waals surface area contributed by atoms with Crippen molar-refractivity contribution in [1.29, 1.82) is 0 Å². The van der Waals surface area contributed by atoms with Gasteiger partial charge in [0, 0.05) is 12.0 Å². The van der Waals surface area contributed by atoms with E-state index in [4.69, 9.17) is 4.74 Å². The topological polar surface area (TPSA) is 29.5 Å². The SMILES string of the molecule is CC(Oc1ccc(CC(=O)c2ccccc2)cc1)N(C)C. The van der Waals surface area contributed by atoms with Crippen molar-refractivity contribution >= 4 is 5.78 Å². The predicted octanol–water partition coefficient (Wildman–Crippen LogP) is 3.40. The maximum Gasteiger partial charge on any atom is 0.167 e. The van der Waals surface area contributed by atoms with Crippen molar-refractivity contribution in [3.8, 4) is 5.75 Å². The first-order chi connectivity index (χ1) is 10.1. The Balaban J connectivity index is 1.98. The summed E-state index contributed by atoms with van der Waals surface area (Å²) in [5.41, 5.74) is 1.74. The van der Waals surface area contributed by atoms with Crippen molar-refractivity contribution in [2.24, 2.45) is 0 Å². The normalized spacial score (nSPS) is 12.2. The molecular weight excluding hydrogens is 262 g/mol. The monoisotopic (exact) mass is 283 g/mol. The lowest BCUT2D eigenvalue weighted by Crippen LogP contribution is -2.30. The molecule has 0 amide bonds. The third-order valence-corrected chi connectivity index (χ3v) is 3.42. The fraction of sp³-hybridized carbons (Fsp3) is 0.278. The van der Waals surface area contributed by atoms with Crippen LogP contribution in [-0.2, 0) is 6.42 Å². The molecule has 0 N–H and O–H groups in total. The van der Waals surface area contributed by atoms with Crippen LogP contribution >= 0.6 is 0 Å². The Morgan fingerprint density at radius 3 is 2.24 bits per heavy atom. The van der Waals surface area contributed by atoms with Gasteiger partial charge < -0.3 is 4.74 Å². The summed E-state index contributed by atoms with van der Waals surface area (Å²) < 4.78 is 5.76. The molecule has 1 unspecified atom stereocenters. The van der Waals surface area contributed by atoms with Gasteiger partial charge in [-0.3, -0.25) is 9.69 Å². The molecule has 2 aromatic carbocycles. The number of carbonyl (C=O) groups excluding carboxylic acids is 1. The number of Topliss-reactive ketones (excluding diaryl/α,β-unsaturated/α-hetero) is 1. The fourth-order valence-corrected chi connectivity index (χ4v) is 1.90. The van der Waals surface area contributed by atoms with Crippen LogP contribution in [0.25, 0.3) is 0 Å². The van der Waals surface area contributed by atoms with Crippen molar-refractivity contribution in [3.05, 3.63) is 65.7 Å². The lowest BCUT2D eigenvalue weighted by atomic mass is 10.0. The van der Waals surface area contributed by atoms with E-state index in [1.54, 1.807) is 0 Å². The molecule has 3 nitrogen and oxygen atoms in total. The molecule has 0 aliphatic carbocycles. The van der Waals surface area contributed by atoms with Gasteiger partial charge in [-0.15, -0.1) is 0 Å². The minimum atomic E-state index is 0.0156. The second-order valence-corrected chi connectivity index (χ2v) is 5.29. The highest BCUT2D eigenvalue weighted by Gasteiger charge is 2.08. The van der Waals surface area contributed by atoms with Gasteiger partial charge >= 0.3 is 0 Å². The molecule has 0 heterocycles. The molecule has 0 saturated carbocycles. The predicted molar refractivity (Wildman–Crippen MR) is 84.7 cm³/mol. The van der Waals surface area contributed by atoms with E-state index in [0.717, 1.165) is 16.9 Å². The Kier molecular flexibility index (Phi) is 5.12. The van der Waals surface area contributed by atoms with Crippen LogP contribution in [0.15, 0.2) is 54.6 Å². The highest BCUT2D eigenvalue weighted by Crippen LogP contribution is 2.16. The van der Waals surface area contributed by atoms with Gasteiger partial charge in [-0.2, -0.15) is 0 Å². The molecule has 21 heavy (non-hydrogen) atoms. The summed E-state index contributed by atoms with van der Waals surface area (Å²) in [6.07, 6.45) is 0.426. The molecule has 0 aromatic heterocycles. The highest BCUT2D eigenvalue weighted by molar-refractivity contribution is 5.97. The number of benzene rings is 2. The maximum atomic E-state index is 12.1. The summed E-state index contributed by atoms with van der Waals surface area (Å²) in [5, 5.41) is 0. The van der Waals surface area contributed by atoms with Crippen LogP contribution in [0.3, 0.4) is 0 Å². The largest absolute Gasteiger partial charge is 0.475 e. The first kappa shape index (κ1) is 15.3. The second-order valence-electron chi connectivity index (χ2n) is 5.29.